The maximum absolute atomic E-state index is 6.01. The highest BCUT2D eigenvalue weighted by Crippen LogP contribution is 2.35. The SMILES string of the molecule is COc1ccc(C2Cc3cc(Cl)ccc3N2)cc1. The molecule has 1 N–H and O–H groups in total. The summed E-state index contributed by atoms with van der Waals surface area (Å²) in [4.78, 5) is 0. The lowest BCUT2D eigenvalue weighted by molar-refractivity contribution is 0.414. The molecule has 0 aromatic heterocycles. The molecule has 1 aliphatic rings. The van der Waals surface area contributed by atoms with Gasteiger partial charge in [-0.05, 0) is 47.9 Å². The molecule has 2 aromatic carbocycles. The normalized spacial score (nSPS) is 17.1. The summed E-state index contributed by atoms with van der Waals surface area (Å²) in [6, 6.07) is 14.5. The minimum absolute atomic E-state index is 0.323. The van der Waals surface area contributed by atoms with Crippen LogP contribution >= 0.6 is 11.6 Å². The van der Waals surface area contributed by atoms with Crippen LogP contribution in [-0.2, 0) is 6.42 Å². The van der Waals surface area contributed by atoms with E-state index in [0.717, 1.165) is 17.2 Å². The highest BCUT2D eigenvalue weighted by Gasteiger charge is 2.21. The van der Waals surface area contributed by atoms with Crippen LogP contribution in [-0.4, -0.2) is 7.11 Å². The first-order valence-corrected chi connectivity index (χ1v) is 6.33. The van der Waals surface area contributed by atoms with Crippen molar-refractivity contribution in [1.29, 1.82) is 0 Å². The van der Waals surface area contributed by atoms with Gasteiger partial charge in [-0.25, -0.2) is 0 Å². The van der Waals surface area contributed by atoms with E-state index in [0.29, 0.717) is 6.04 Å². The fourth-order valence-electron chi connectivity index (χ4n) is 2.37. The average Bonchev–Trinajstić information content (AvgIpc) is 2.81. The maximum Gasteiger partial charge on any atom is 0.118 e. The number of benzene rings is 2. The van der Waals surface area contributed by atoms with Crippen LogP contribution in [0.4, 0.5) is 5.69 Å². The first kappa shape index (κ1) is 11.4. The van der Waals surface area contributed by atoms with Crippen LogP contribution in [0, 0.1) is 0 Å². The molecule has 0 amide bonds. The van der Waals surface area contributed by atoms with E-state index in [-0.39, 0.29) is 0 Å². The van der Waals surface area contributed by atoms with Gasteiger partial charge in [0, 0.05) is 10.7 Å². The summed E-state index contributed by atoms with van der Waals surface area (Å²) in [5.74, 6) is 0.886. The maximum atomic E-state index is 6.01. The Morgan fingerprint density at radius 2 is 1.94 bits per heavy atom. The number of methoxy groups -OCH3 is 1. The van der Waals surface area contributed by atoms with Crippen LogP contribution in [0.15, 0.2) is 42.5 Å². The zero-order valence-electron chi connectivity index (χ0n) is 10.1. The second kappa shape index (κ2) is 4.54. The van der Waals surface area contributed by atoms with Crippen molar-refractivity contribution in [2.75, 3.05) is 12.4 Å². The summed E-state index contributed by atoms with van der Waals surface area (Å²) in [5.41, 5.74) is 3.73. The fraction of sp³-hybridized carbons (Fsp3) is 0.200. The zero-order chi connectivity index (χ0) is 12.5. The summed E-state index contributed by atoms with van der Waals surface area (Å²) >= 11 is 6.01. The molecule has 0 spiro atoms. The zero-order valence-corrected chi connectivity index (χ0v) is 10.9. The molecule has 3 rings (SSSR count). The van der Waals surface area contributed by atoms with E-state index in [1.165, 1.54) is 16.8 Å². The number of fused-ring (bicyclic) bond motifs is 1. The molecular formula is C15H14ClNO. The van der Waals surface area contributed by atoms with Crippen molar-refractivity contribution in [2.45, 2.75) is 12.5 Å². The first-order valence-electron chi connectivity index (χ1n) is 5.95. The molecular weight excluding hydrogens is 246 g/mol. The van der Waals surface area contributed by atoms with Gasteiger partial charge in [0.2, 0.25) is 0 Å². The summed E-state index contributed by atoms with van der Waals surface area (Å²) in [6.07, 6.45) is 0.974. The smallest absolute Gasteiger partial charge is 0.118 e. The Morgan fingerprint density at radius 1 is 1.17 bits per heavy atom. The Morgan fingerprint density at radius 3 is 2.67 bits per heavy atom. The third-order valence-corrected chi connectivity index (χ3v) is 3.57. The number of halogens is 1. The lowest BCUT2D eigenvalue weighted by Crippen LogP contribution is -2.05. The Bertz CT molecular complexity index is 565. The molecule has 92 valence electrons. The van der Waals surface area contributed by atoms with Gasteiger partial charge in [0.15, 0.2) is 0 Å². The second-order valence-electron chi connectivity index (χ2n) is 4.48. The predicted octanol–water partition coefficient (Wildman–Crippen LogP) is 4.06. The minimum atomic E-state index is 0.323. The van der Waals surface area contributed by atoms with Crippen molar-refractivity contribution in [3.05, 3.63) is 58.6 Å². The van der Waals surface area contributed by atoms with Gasteiger partial charge in [-0.1, -0.05) is 23.7 Å². The Hall–Kier alpha value is -1.67. The highest BCUT2D eigenvalue weighted by molar-refractivity contribution is 6.30. The van der Waals surface area contributed by atoms with Crippen LogP contribution in [0.25, 0.3) is 0 Å². The van der Waals surface area contributed by atoms with Crippen molar-refractivity contribution >= 4 is 17.3 Å². The molecule has 0 saturated heterocycles. The molecule has 1 unspecified atom stereocenters. The minimum Gasteiger partial charge on any atom is -0.497 e. The molecule has 1 atom stereocenters. The topological polar surface area (TPSA) is 21.3 Å². The number of anilines is 1. The van der Waals surface area contributed by atoms with Gasteiger partial charge in [0.25, 0.3) is 0 Å². The standard InChI is InChI=1S/C15H14ClNO/c1-18-13-5-2-10(3-6-13)15-9-11-8-12(16)4-7-14(11)17-15/h2-8,15,17H,9H2,1H3. The molecule has 1 aliphatic heterocycles. The van der Waals surface area contributed by atoms with Crippen LogP contribution in [0.1, 0.15) is 17.2 Å². The average molecular weight is 260 g/mol. The monoisotopic (exact) mass is 259 g/mol. The fourth-order valence-corrected chi connectivity index (χ4v) is 2.56. The van der Waals surface area contributed by atoms with Gasteiger partial charge < -0.3 is 10.1 Å². The molecule has 1 heterocycles. The van der Waals surface area contributed by atoms with E-state index in [1.807, 2.05) is 30.3 Å². The van der Waals surface area contributed by atoms with Gasteiger partial charge in [-0.15, -0.1) is 0 Å². The molecule has 0 saturated carbocycles. The molecule has 0 bridgehead atoms. The van der Waals surface area contributed by atoms with Crippen molar-refractivity contribution in [2.24, 2.45) is 0 Å². The van der Waals surface area contributed by atoms with Crippen LogP contribution in [0.2, 0.25) is 5.02 Å². The molecule has 2 nitrogen and oxygen atoms in total. The van der Waals surface area contributed by atoms with Gasteiger partial charge >= 0.3 is 0 Å². The first-order chi connectivity index (χ1) is 8.76. The van der Waals surface area contributed by atoms with Crippen molar-refractivity contribution < 1.29 is 4.74 Å². The number of nitrogens with one attached hydrogen (secondary N) is 1. The third-order valence-electron chi connectivity index (χ3n) is 3.34. The molecule has 0 fully saturated rings. The molecule has 18 heavy (non-hydrogen) atoms. The molecule has 2 aromatic rings. The molecule has 0 aliphatic carbocycles. The summed E-state index contributed by atoms with van der Waals surface area (Å²) in [7, 11) is 1.68. The number of hydrogen-bond acceptors (Lipinski definition) is 2. The summed E-state index contributed by atoms with van der Waals surface area (Å²) in [6.45, 7) is 0. The summed E-state index contributed by atoms with van der Waals surface area (Å²) in [5, 5.41) is 4.31. The summed E-state index contributed by atoms with van der Waals surface area (Å²) < 4.78 is 5.17. The van der Waals surface area contributed by atoms with E-state index >= 15 is 0 Å². The number of rotatable bonds is 2. The second-order valence-corrected chi connectivity index (χ2v) is 4.91. The highest BCUT2D eigenvalue weighted by atomic mass is 35.5. The van der Waals surface area contributed by atoms with Crippen LogP contribution in [0.3, 0.4) is 0 Å². The van der Waals surface area contributed by atoms with Crippen LogP contribution in [0.5, 0.6) is 5.75 Å². The lowest BCUT2D eigenvalue weighted by Gasteiger charge is -2.12. The van der Waals surface area contributed by atoms with E-state index in [9.17, 15) is 0 Å². The largest absolute Gasteiger partial charge is 0.497 e. The Balaban J connectivity index is 1.84. The molecule has 3 heteroatoms. The van der Waals surface area contributed by atoms with E-state index in [1.54, 1.807) is 7.11 Å². The van der Waals surface area contributed by atoms with Crippen molar-refractivity contribution in [3.63, 3.8) is 0 Å². The van der Waals surface area contributed by atoms with E-state index in [4.69, 9.17) is 16.3 Å². The third kappa shape index (κ3) is 2.04. The van der Waals surface area contributed by atoms with Gasteiger partial charge in [-0.2, -0.15) is 0 Å². The Labute approximate surface area is 112 Å². The van der Waals surface area contributed by atoms with E-state index < -0.39 is 0 Å². The number of hydrogen-bond donors (Lipinski definition) is 1. The van der Waals surface area contributed by atoms with Crippen LogP contribution < -0.4 is 10.1 Å². The van der Waals surface area contributed by atoms with E-state index in [2.05, 4.69) is 17.4 Å². The Kier molecular flexibility index (Phi) is 2.88. The quantitative estimate of drug-likeness (QED) is 0.878. The van der Waals surface area contributed by atoms with Crippen molar-refractivity contribution in [1.82, 2.24) is 0 Å². The molecule has 0 radical (unpaired) electrons. The number of ether oxygens (including phenoxy) is 1. The van der Waals surface area contributed by atoms with Crippen molar-refractivity contribution in [3.8, 4) is 5.75 Å². The van der Waals surface area contributed by atoms with Gasteiger partial charge in [-0.3, -0.25) is 0 Å². The van der Waals surface area contributed by atoms with Gasteiger partial charge in [0.05, 0.1) is 13.2 Å². The lowest BCUT2D eigenvalue weighted by atomic mass is 10.0. The predicted molar refractivity (Wildman–Crippen MR) is 74.5 cm³/mol. The van der Waals surface area contributed by atoms with Gasteiger partial charge in [0.1, 0.15) is 5.75 Å².